The number of unbranched alkanes of at least 4 members (excludes halogenated alkanes) is 4. The smallest absolute Gasteiger partial charge is 0.0249 e. The molecule has 0 radical (unpaired) electrons. The van der Waals surface area contributed by atoms with Crippen LogP contribution in [0.25, 0.3) is 0 Å². The van der Waals surface area contributed by atoms with Crippen LogP contribution in [0.5, 0.6) is 0 Å². The Morgan fingerprint density at radius 2 is 1.94 bits per heavy atom. The molecule has 94 valence electrons. The van der Waals surface area contributed by atoms with Gasteiger partial charge in [0.05, 0.1) is 0 Å². The van der Waals surface area contributed by atoms with Crippen molar-refractivity contribution in [1.29, 1.82) is 0 Å². The average Bonchev–Trinajstić information content (AvgIpc) is 3.13. The molecule has 1 saturated heterocycles. The molecule has 1 unspecified atom stereocenters. The molecular weight excluding hydrogens is 196 g/mol. The van der Waals surface area contributed by atoms with Crippen molar-refractivity contribution < 1.29 is 0 Å². The zero-order valence-electron chi connectivity index (χ0n) is 10.9. The molecule has 0 aromatic carbocycles. The van der Waals surface area contributed by atoms with E-state index in [4.69, 9.17) is 0 Å². The van der Waals surface area contributed by atoms with Crippen molar-refractivity contribution in [2.75, 3.05) is 26.2 Å². The summed E-state index contributed by atoms with van der Waals surface area (Å²) in [4.78, 5) is 2.76. The highest BCUT2D eigenvalue weighted by atomic mass is 15.2. The summed E-state index contributed by atoms with van der Waals surface area (Å²) in [5.41, 5.74) is 0. The van der Waals surface area contributed by atoms with E-state index in [9.17, 15) is 0 Å². The van der Waals surface area contributed by atoms with Crippen molar-refractivity contribution in [3.05, 3.63) is 0 Å². The van der Waals surface area contributed by atoms with Crippen molar-refractivity contribution in [2.24, 2.45) is 5.92 Å². The first-order valence-electron chi connectivity index (χ1n) is 7.36. The van der Waals surface area contributed by atoms with Crippen molar-refractivity contribution >= 4 is 0 Å². The zero-order valence-corrected chi connectivity index (χ0v) is 10.9. The van der Waals surface area contributed by atoms with Gasteiger partial charge in [-0.1, -0.05) is 32.6 Å². The lowest BCUT2D eigenvalue weighted by atomic mass is 10.1. The molecule has 0 bridgehead atoms. The van der Waals surface area contributed by atoms with Gasteiger partial charge in [-0.3, -0.25) is 4.90 Å². The summed E-state index contributed by atoms with van der Waals surface area (Å²) in [7, 11) is 0. The lowest BCUT2D eigenvalue weighted by molar-refractivity contribution is 0.141. The maximum atomic E-state index is 3.56. The fourth-order valence-corrected chi connectivity index (χ4v) is 2.91. The molecule has 1 aliphatic heterocycles. The Hall–Kier alpha value is -0.0800. The van der Waals surface area contributed by atoms with E-state index in [1.54, 1.807) is 0 Å². The van der Waals surface area contributed by atoms with Crippen LogP contribution in [0, 0.1) is 5.92 Å². The lowest BCUT2D eigenvalue weighted by Gasteiger charge is -2.36. The minimum absolute atomic E-state index is 0.875. The number of nitrogens with zero attached hydrogens (tertiary/aromatic N) is 1. The van der Waals surface area contributed by atoms with Gasteiger partial charge in [0.2, 0.25) is 0 Å². The standard InChI is InChI=1S/C14H28N2/c1-2-3-4-5-6-10-16-11-9-15-12-14(16)13-7-8-13/h13-15H,2-12H2,1H3. The minimum Gasteiger partial charge on any atom is -0.314 e. The first-order chi connectivity index (χ1) is 7.92. The molecule has 2 aliphatic rings. The first kappa shape index (κ1) is 12.4. The van der Waals surface area contributed by atoms with E-state index in [1.165, 1.54) is 71.1 Å². The second-order valence-electron chi connectivity index (χ2n) is 5.56. The maximum Gasteiger partial charge on any atom is 0.0249 e. The third-order valence-corrected chi connectivity index (χ3v) is 4.11. The Morgan fingerprint density at radius 1 is 1.12 bits per heavy atom. The van der Waals surface area contributed by atoms with Crippen LogP contribution in [-0.4, -0.2) is 37.1 Å². The summed E-state index contributed by atoms with van der Waals surface area (Å²) < 4.78 is 0. The Balaban J connectivity index is 1.62. The van der Waals surface area contributed by atoms with Crippen molar-refractivity contribution in [1.82, 2.24) is 10.2 Å². The largest absolute Gasteiger partial charge is 0.314 e. The molecule has 1 aliphatic carbocycles. The fourth-order valence-electron chi connectivity index (χ4n) is 2.91. The predicted molar refractivity (Wildman–Crippen MR) is 69.7 cm³/mol. The molecule has 1 atom stereocenters. The van der Waals surface area contributed by atoms with E-state index in [2.05, 4.69) is 17.1 Å². The van der Waals surface area contributed by atoms with Gasteiger partial charge in [-0.15, -0.1) is 0 Å². The molecule has 1 heterocycles. The van der Waals surface area contributed by atoms with Crippen LogP contribution >= 0.6 is 0 Å². The normalized spacial score (nSPS) is 27.2. The monoisotopic (exact) mass is 224 g/mol. The van der Waals surface area contributed by atoms with Gasteiger partial charge in [-0.05, 0) is 31.7 Å². The Bertz CT molecular complexity index is 189. The van der Waals surface area contributed by atoms with Gasteiger partial charge >= 0.3 is 0 Å². The van der Waals surface area contributed by atoms with E-state index >= 15 is 0 Å². The van der Waals surface area contributed by atoms with Crippen LogP contribution in [0.1, 0.15) is 51.9 Å². The fraction of sp³-hybridized carbons (Fsp3) is 1.00. The summed E-state index contributed by atoms with van der Waals surface area (Å²) in [6, 6.07) is 0.875. The highest BCUT2D eigenvalue weighted by Gasteiger charge is 2.35. The van der Waals surface area contributed by atoms with E-state index in [0.717, 1.165) is 12.0 Å². The lowest BCUT2D eigenvalue weighted by Crippen LogP contribution is -2.52. The van der Waals surface area contributed by atoms with Gasteiger partial charge in [0.25, 0.3) is 0 Å². The van der Waals surface area contributed by atoms with Crippen molar-refractivity contribution in [2.45, 2.75) is 57.9 Å². The number of rotatable bonds is 7. The second-order valence-corrected chi connectivity index (χ2v) is 5.56. The van der Waals surface area contributed by atoms with Gasteiger partial charge in [-0.2, -0.15) is 0 Å². The SMILES string of the molecule is CCCCCCCN1CCNCC1C1CC1. The number of piperazine rings is 1. The number of hydrogen-bond donors (Lipinski definition) is 1. The molecule has 0 amide bonds. The van der Waals surface area contributed by atoms with E-state index < -0.39 is 0 Å². The second kappa shape index (κ2) is 6.61. The van der Waals surface area contributed by atoms with Crippen LogP contribution in [0.2, 0.25) is 0 Å². The van der Waals surface area contributed by atoms with Gasteiger partial charge in [-0.25, -0.2) is 0 Å². The molecule has 0 aromatic heterocycles. The van der Waals surface area contributed by atoms with Crippen LogP contribution < -0.4 is 5.32 Å². The Morgan fingerprint density at radius 3 is 2.69 bits per heavy atom. The highest BCUT2D eigenvalue weighted by molar-refractivity contribution is 4.92. The molecule has 2 rings (SSSR count). The summed E-state index contributed by atoms with van der Waals surface area (Å²) in [6.07, 6.45) is 10.1. The van der Waals surface area contributed by atoms with Crippen LogP contribution in [0.4, 0.5) is 0 Å². The van der Waals surface area contributed by atoms with E-state index in [-0.39, 0.29) is 0 Å². The molecule has 0 spiro atoms. The third kappa shape index (κ3) is 3.74. The first-order valence-corrected chi connectivity index (χ1v) is 7.36. The van der Waals surface area contributed by atoms with E-state index in [1.807, 2.05) is 0 Å². The molecule has 0 aromatic rings. The van der Waals surface area contributed by atoms with Crippen molar-refractivity contribution in [3.8, 4) is 0 Å². The predicted octanol–water partition coefficient (Wildman–Crippen LogP) is 2.64. The van der Waals surface area contributed by atoms with Crippen molar-refractivity contribution in [3.63, 3.8) is 0 Å². The van der Waals surface area contributed by atoms with Gasteiger partial charge in [0, 0.05) is 25.7 Å². The van der Waals surface area contributed by atoms with Gasteiger partial charge in [0.1, 0.15) is 0 Å². The van der Waals surface area contributed by atoms with Crippen LogP contribution in [-0.2, 0) is 0 Å². The third-order valence-electron chi connectivity index (χ3n) is 4.11. The molecule has 16 heavy (non-hydrogen) atoms. The molecule has 1 N–H and O–H groups in total. The van der Waals surface area contributed by atoms with Gasteiger partial charge < -0.3 is 5.32 Å². The topological polar surface area (TPSA) is 15.3 Å². The summed E-state index contributed by atoms with van der Waals surface area (Å²) in [6.45, 7) is 7.39. The minimum atomic E-state index is 0.875. The Labute approximate surface area is 101 Å². The molecule has 2 heteroatoms. The quantitative estimate of drug-likeness (QED) is 0.669. The number of hydrogen-bond acceptors (Lipinski definition) is 2. The summed E-state index contributed by atoms with van der Waals surface area (Å²) in [5.74, 6) is 1.03. The Kier molecular flexibility index (Phi) is 5.11. The van der Waals surface area contributed by atoms with E-state index in [0.29, 0.717) is 0 Å². The average molecular weight is 224 g/mol. The summed E-state index contributed by atoms with van der Waals surface area (Å²) >= 11 is 0. The van der Waals surface area contributed by atoms with Crippen LogP contribution in [0.15, 0.2) is 0 Å². The highest BCUT2D eigenvalue weighted by Crippen LogP contribution is 2.35. The molecular formula is C14H28N2. The van der Waals surface area contributed by atoms with Gasteiger partial charge in [0.15, 0.2) is 0 Å². The maximum absolute atomic E-state index is 3.56. The van der Waals surface area contributed by atoms with Crippen LogP contribution in [0.3, 0.4) is 0 Å². The molecule has 1 saturated carbocycles. The number of nitrogens with one attached hydrogen (secondary N) is 1. The molecule has 2 nitrogen and oxygen atoms in total. The zero-order chi connectivity index (χ0) is 11.2. The summed E-state index contributed by atoms with van der Waals surface area (Å²) in [5, 5.41) is 3.56. The molecule has 2 fully saturated rings.